The quantitative estimate of drug-likeness (QED) is 0.886. The van der Waals surface area contributed by atoms with Gasteiger partial charge < -0.3 is 5.73 Å². The van der Waals surface area contributed by atoms with E-state index >= 15 is 0 Å². The van der Waals surface area contributed by atoms with Gasteiger partial charge in [0.1, 0.15) is 0 Å². The third-order valence-electron chi connectivity index (χ3n) is 5.50. The molecule has 0 aliphatic carbocycles. The zero-order valence-electron chi connectivity index (χ0n) is 13.1. The van der Waals surface area contributed by atoms with Crippen molar-refractivity contribution >= 4 is 21.4 Å². The van der Waals surface area contributed by atoms with E-state index in [9.17, 15) is 0 Å². The second-order valence-corrected chi connectivity index (χ2v) is 7.28. The summed E-state index contributed by atoms with van der Waals surface area (Å²) >= 11 is 1.85. The molecule has 1 unspecified atom stereocenters. The van der Waals surface area contributed by atoms with E-state index in [1.807, 2.05) is 11.3 Å². The average molecular weight is 302 g/mol. The van der Waals surface area contributed by atoms with Crippen LogP contribution >= 0.6 is 11.3 Å². The van der Waals surface area contributed by atoms with Gasteiger partial charge in [-0.1, -0.05) is 32.0 Å². The first kappa shape index (κ1) is 15.0. The second-order valence-electron chi connectivity index (χ2n) is 6.37. The maximum absolute atomic E-state index is 6.17. The van der Waals surface area contributed by atoms with Gasteiger partial charge in [0, 0.05) is 23.8 Å². The maximum Gasteiger partial charge on any atom is 0.0485 e. The van der Waals surface area contributed by atoms with Crippen LogP contribution in [0.4, 0.5) is 0 Å². The Morgan fingerprint density at radius 1 is 1.29 bits per heavy atom. The number of hydrogen-bond acceptors (Lipinski definition) is 3. The topological polar surface area (TPSA) is 29.3 Å². The fourth-order valence-corrected chi connectivity index (χ4v) is 4.80. The SMILES string of the molecule is CCC1(CC)CCN(C(CN)c2csc3ccccc23)C1. The molecule has 0 spiro atoms. The summed E-state index contributed by atoms with van der Waals surface area (Å²) in [6, 6.07) is 9.09. The van der Waals surface area contributed by atoms with Gasteiger partial charge in [-0.05, 0) is 53.6 Å². The molecule has 0 radical (unpaired) electrons. The van der Waals surface area contributed by atoms with Crippen molar-refractivity contribution in [3.63, 3.8) is 0 Å². The van der Waals surface area contributed by atoms with E-state index < -0.39 is 0 Å². The van der Waals surface area contributed by atoms with Crippen molar-refractivity contribution < 1.29 is 0 Å². The molecule has 3 rings (SSSR count). The molecule has 21 heavy (non-hydrogen) atoms. The van der Waals surface area contributed by atoms with Crippen molar-refractivity contribution in [2.75, 3.05) is 19.6 Å². The Kier molecular flexibility index (Phi) is 4.34. The van der Waals surface area contributed by atoms with Crippen LogP contribution in [0.5, 0.6) is 0 Å². The molecule has 114 valence electrons. The molecule has 2 N–H and O–H groups in total. The van der Waals surface area contributed by atoms with Gasteiger partial charge in [-0.25, -0.2) is 0 Å². The van der Waals surface area contributed by atoms with Crippen LogP contribution in [-0.2, 0) is 0 Å². The molecule has 1 aliphatic rings. The van der Waals surface area contributed by atoms with Crippen LogP contribution in [0.25, 0.3) is 10.1 Å². The zero-order valence-corrected chi connectivity index (χ0v) is 14.0. The summed E-state index contributed by atoms with van der Waals surface area (Å²) in [5.41, 5.74) is 8.11. The second kappa shape index (κ2) is 6.07. The molecule has 1 aliphatic heterocycles. The fraction of sp³-hybridized carbons (Fsp3) is 0.556. The van der Waals surface area contributed by atoms with E-state index in [4.69, 9.17) is 5.73 Å². The summed E-state index contributed by atoms with van der Waals surface area (Å²) in [6.07, 6.45) is 3.88. The van der Waals surface area contributed by atoms with Gasteiger partial charge in [-0.3, -0.25) is 4.90 Å². The number of benzene rings is 1. The summed E-state index contributed by atoms with van der Waals surface area (Å²) < 4.78 is 1.38. The Morgan fingerprint density at radius 3 is 2.71 bits per heavy atom. The van der Waals surface area contributed by atoms with Crippen LogP contribution in [0.2, 0.25) is 0 Å². The monoisotopic (exact) mass is 302 g/mol. The van der Waals surface area contributed by atoms with Crippen molar-refractivity contribution in [1.29, 1.82) is 0 Å². The minimum atomic E-state index is 0.376. The highest BCUT2D eigenvalue weighted by atomic mass is 32.1. The van der Waals surface area contributed by atoms with E-state index in [0.717, 1.165) is 0 Å². The van der Waals surface area contributed by atoms with Crippen molar-refractivity contribution in [1.82, 2.24) is 4.90 Å². The predicted molar refractivity (Wildman–Crippen MR) is 92.8 cm³/mol. The van der Waals surface area contributed by atoms with Crippen molar-refractivity contribution in [2.45, 2.75) is 39.2 Å². The van der Waals surface area contributed by atoms with Gasteiger partial charge >= 0.3 is 0 Å². The van der Waals surface area contributed by atoms with Gasteiger partial charge in [0.2, 0.25) is 0 Å². The molecule has 2 aromatic rings. The molecule has 1 atom stereocenters. The first-order valence-corrected chi connectivity index (χ1v) is 9.01. The lowest BCUT2D eigenvalue weighted by molar-refractivity contribution is 0.199. The highest BCUT2D eigenvalue weighted by Crippen LogP contribution is 2.42. The molecule has 1 saturated heterocycles. The summed E-state index contributed by atoms with van der Waals surface area (Å²) in [5, 5.41) is 3.71. The largest absolute Gasteiger partial charge is 0.329 e. The van der Waals surface area contributed by atoms with Gasteiger partial charge in [-0.15, -0.1) is 11.3 Å². The van der Waals surface area contributed by atoms with E-state index in [0.29, 0.717) is 18.0 Å². The van der Waals surface area contributed by atoms with Gasteiger partial charge in [0.15, 0.2) is 0 Å². The molecule has 2 heterocycles. The molecule has 0 saturated carbocycles. The van der Waals surface area contributed by atoms with E-state index in [1.54, 1.807) is 0 Å². The number of thiophene rings is 1. The molecule has 0 bridgehead atoms. The Hall–Kier alpha value is -0.900. The van der Waals surface area contributed by atoms with E-state index in [-0.39, 0.29) is 0 Å². The van der Waals surface area contributed by atoms with Crippen LogP contribution in [0.1, 0.15) is 44.7 Å². The summed E-state index contributed by atoms with van der Waals surface area (Å²) in [7, 11) is 0. The van der Waals surface area contributed by atoms with Crippen LogP contribution < -0.4 is 5.73 Å². The summed E-state index contributed by atoms with van der Waals surface area (Å²) in [5.74, 6) is 0. The van der Waals surface area contributed by atoms with Crippen LogP contribution in [0.15, 0.2) is 29.6 Å². The zero-order chi connectivity index (χ0) is 14.9. The average Bonchev–Trinajstić information content (AvgIpc) is 3.14. The van der Waals surface area contributed by atoms with Gasteiger partial charge in [-0.2, -0.15) is 0 Å². The highest BCUT2D eigenvalue weighted by molar-refractivity contribution is 7.17. The van der Waals surface area contributed by atoms with E-state index in [2.05, 4.69) is 48.4 Å². The first-order chi connectivity index (χ1) is 10.2. The lowest BCUT2D eigenvalue weighted by Gasteiger charge is -2.30. The first-order valence-electron chi connectivity index (χ1n) is 8.13. The maximum atomic E-state index is 6.17. The molecule has 1 aromatic heterocycles. The lowest BCUT2D eigenvalue weighted by atomic mass is 9.82. The minimum Gasteiger partial charge on any atom is -0.329 e. The van der Waals surface area contributed by atoms with Crippen LogP contribution in [0, 0.1) is 5.41 Å². The van der Waals surface area contributed by atoms with Gasteiger partial charge in [0.05, 0.1) is 0 Å². The molecule has 3 heteroatoms. The lowest BCUT2D eigenvalue weighted by Crippen LogP contribution is -2.34. The molecule has 2 nitrogen and oxygen atoms in total. The molecular formula is C18H26N2S. The number of rotatable bonds is 5. The highest BCUT2D eigenvalue weighted by Gasteiger charge is 2.38. The molecule has 1 fully saturated rings. The van der Waals surface area contributed by atoms with Crippen molar-refractivity contribution in [3.05, 3.63) is 35.2 Å². The fourth-order valence-electron chi connectivity index (χ4n) is 3.79. The van der Waals surface area contributed by atoms with Crippen molar-refractivity contribution in [2.24, 2.45) is 11.1 Å². The molecule has 0 amide bonds. The van der Waals surface area contributed by atoms with Gasteiger partial charge in [0.25, 0.3) is 0 Å². The third-order valence-corrected chi connectivity index (χ3v) is 6.48. The summed E-state index contributed by atoms with van der Waals surface area (Å²) in [4.78, 5) is 2.63. The van der Waals surface area contributed by atoms with E-state index in [1.165, 1.54) is 48.0 Å². The standard InChI is InChI=1S/C18H26N2S/c1-3-18(4-2)9-10-20(13-18)16(11-19)15-12-21-17-8-6-5-7-14(15)17/h5-8,12,16H,3-4,9-11,13,19H2,1-2H3. The van der Waals surface area contributed by atoms with Crippen LogP contribution in [0.3, 0.4) is 0 Å². The Bertz CT molecular complexity index is 600. The Balaban J connectivity index is 1.89. The minimum absolute atomic E-state index is 0.376. The third kappa shape index (κ3) is 2.63. The Morgan fingerprint density at radius 2 is 2.05 bits per heavy atom. The number of likely N-dealkylation sites (tertiary alicyclic amines) is 1. The number of hydrogen-bond donors (Lipinski definition) is 1. The molecular weight excluding hydrogens is 276 g/mol. The Labute approximate surface area is 131 Å². The smallest absolute Gasteiger partial charge is 0.0485 e. The number of fused-ring (bicyclic) bond motifs is 1. The molecule has 1 aromatic carbocycles. The number of nitrogens with zero attached hydrogens (tertiary/aromatic N) is 1. The normalized spacial score (nSPS) is 20.1. The predicted octanol–water partition coefficient (Wildman–Crippen LogP) is 4.41. The van der Waals surface area contributed by atoms with Crippen LogP contribution in [-0.4, -0.2) is 24.5 Å². The summed E-state index contributed by atoms with van der Waals surface area (Å²) in [6.45, 7) is 7.78. The van der Waals surface area contributed by atoms with Crippen molar-refractivity contribution in [3.8, 4) is 0 Å². The number of nitrogens with two attached hydrogens (primary N) is 1.